The third-order valence-electron chi connectivity index (χ3n) is 2.95. The van der Waals surface area contributed by atoms with Crippen molar-refractivity contribution in [2.75, 3.05) is 13.1 Å². The Bertz CT molecular complexity index is 597. The van der Waals surface area contributed by atoms with Crippen molar-refractivity contribution in [3.05, 3.63) is 28.3 Å². The van der Waals surface area contributed by atoms with Gasteiger partial charge in [-0.1, -0.05) is 11.8 Å². The summed E-state index contributed by atoms with van der Waals surface area (Å²) in [4.78, 5) is 17.9. The van der Waals surface area contributed by atoms with Crippen LogP contribution in [0.3, 0.4) is 0 Å². The van der Waals surface area contributed by atoms with Gasteiger partial charge in [0.1, 0.15) is 0 Å². The number of nitro benzene ring substituents is 1. The van der Waals surface area contributed by atoms with Crippen molar-refractivity contribution >= 4 is 40.9 Å². The molecule has 1 unspecified atom stereocenters. The molecule has 8 heteroatoms. The third-order valence-corrected chi connectivity index (χ3v) is 4.10. The van der Waals surface area contributed by atoms with E-state index in [4.69, 9.17) is 0 Å². The molecule has 1 aromatic heterocycles. The van der Waals surface area contributed by atoms with Gasteiger partial charge in [-0.25, -0.2) is 4.98 Å². The smallest absolute Gasteiger partial charge is 0.271 e. The highest BCUT2D eigenvalue weighted by Gasteiger charge is 2.18. The summed E-state index contributed by atoms with van der Waals surface area (Å²) in [6, 6.07) is 4.69. The van der Waals surface area contributed by atoms with Crippen LogP contribution in [0.25, 0.3) is 11.0 Å². The maximum Gasteiger partial charge on any atom is 0.271 e. The molecular formula is C11H13ClN4O2S. The van der Waals surface area contributed by atoms with E-state index < -0.39 is 4.92 Å². The Morgan fingerprint density at radius 1 is 1.47 bits per heavy atom. The van der Waals surface area contributed by atoms with Gasteiger partial charge < -0.3 is 10.3 Å². The zero-order chi connectivity index (χ0) is 12.5. The molecule has 1 atom stereocenters. The van der Waals surface area contributed by atoms with Crippen molar-refractivity contribution in [2.45, 2.75) is 16.8 Å². The number of aromatic nitrogens is 2. The highest BCUT2D eigenvalue weighted by Crippen LogP contribution is 2.27. The molecule has 102 valence electrons. The number of halogens is 1. The number of nitrogens with zero attached hydrogens (tertiary/aromatic N) is 2. The summed E-state index contributed by atoms with van der Waals surface area (Å²) in [6.45, 7) is 2.03. The van der Waals surface area contributed by atoms with Gasteiger partial charge in [0.25, 0.3) is 5.69 Å². The van der Waals surface area contributed by atoms with Crippen molar-refractivity contribution in [2.24, 2.45) is 0 Å². The van der Waals surface area contributed by atoms with E-state index in [9.17, 15) is 10.1 Å². The first-order valence-electron chi connectivity index (χ1n) is 5.74. The maximum atomic E-state index is 10.7. The minimum atomic E-state index is -0.395. The van der Waals surface area contributed by atoms with Crippen LogP contribution in [-0.2, 0) is 0 Å². The second kappa shape index (κ2) is 5.77. The van der Waals surface area contributed by atoms with E-state index in [-0.39, 0.29) is 18.1 Å². The SMILES string of the molecule is Cl.O=[N+]([O-])c1ccc2nc(SC3CCNC3)[nH]c2c1. The Morgan fingerprint density at radius 2 is 2.32 bits per heavy atom. The third kappa shape index (κ3) is 2.99. The van der Waals surface area contributed by atoms with E-state index in [0.29, 0.717) is 5.25 Å². The van der Waals surface area contributed by atoms with Gasteiger partial charge in [-0.2, -0.15) is 0 Å². The fraction of sp³-hybridized carbons (Fsp3) is 0.364. The summed E-state index contributed by atoms with van der Waals surface area (Å²) < 4.78 is 0. The van der Waals surface area contributed by atoms with Crippen LogP contribution < -0.4 is 5.32 Å². The molecule has 1 fully saturated rings. The summed E-state index contributed by atoms with van der Waals surface area (Å²) >= 11 is 1.69. The molecule has 1 saturated heterocycles. The summed E-state index contributed by atoms with van der Waals surface area (Å²) in [5.74, 6) is 0. The van der Waals surface area contributed by atoms with Crippen LogP contribution in [0.2, 0.25) is 0 Å². The minimum Gasteiger partial charge on any atom is -0.333 e. The highest BCUT2D eigenvalue weighted by atomic mass is 35.5. The fourth-order valence-electron chi connectivity index (χ4n) is 2.03. The van der Waals surface area contributed by atoms with Crippen LogP contribution in [-0.4, -0.2) is 33.2 Å². The number of rotatable bonds is 3. The van der Waals surface area contributed by atoms with Gasteiger partial charge in [-0.15, -0.1) is 12.4 Å². The second-order valence-corrected chi connectivity index (χ2v) is 5.52. The molecule has 1 aromatic carbocycles. The molecule has 0 bridgehead atoms. The molecule has 2 N–H and O–H groups in total. The molecule has 0 radical (unpaired) electrons. The van der Waals surface area contributed by atoms with Crippen molar-refractivity contribution in [1.82, 2.24) is 15.3 Å². The number of fused-ring (bicyclic) bond motifs is 1. The van der Waals surface area contributed by atoms with Crippen LogP contribution in [0, 0.1) is 10.1 Å². The van der Waals surface area contributed by atoms with Crippen LogP contribution in [0.1, 0.15) is 6.42 Å². The van der Waals surface area contributed by atoms with E-state index in [0.717, 1.165) is 35.7 Å². The van der Waals surface area contributed by atoms with Crippen LogP contribution in [0.15, 0.2) is 23.4 Å². The molecule has 19 heavy (non-hydrogen) atoms. The highest BCUT2D eigenvalue weighted by molar-refractivity contribution is 7.99. The van der Waals surface area contributed by atoms with E-state index in [1.54, 1.807) is 17.8 Å². The molecule has 1 aliphatic heterocycles. The minimum absolute atomic E-state index is 0. The number of benzene rings is 1. The van der Waals surface area contributed by atoms with E-state index in [1.807, 2.05) is 0 Å². The fourth-order valence-corrected chi connectivity index (χ4v) is 3.10. The summed E-state index contributed by atoms with van der Waals surface area (Å²) in [5, 5.41) is 15.3. The molecule has 1 aliphatic rings. The van der Waals surface area contributed by atoms with Crippen LogP contribution >= 0.6 is 24.2 Å². The number of hydrogen-bond acceptors (Lipinski definition) is 5. The standard InChI is InChI=1S/C11H12N4O2S.ClH/c16-15(17)7-1-2-9-10(5-7)14-11(13-9)18-8-3-4-12-6-8;/h1-2,5,8,12H,3-4,6H2,(H,13,14);1H. The van der Waals surface area contributed by atoms with Crippen molar-refractivity contribution in [1.29, 1.82) is 0 Å². The predicted octanol–water partition coefficient (Wildman–Crippen LogP) is 2.35. The normalized spacial score (nSPS) is 18.4. The molecule has 6 nitrogen and oxygen atoms in total. The van der Waals surface area contributed by atoms with Crippen LogP contribution in [0.4, 0.5) is 5.69 Å². The number of imidazole rings is 1. The Morgan fingerprint density at radius 3 is 3.00 bits per heavy atom. The number of thioether (sulfide) groups is 1. The number of H-pyrrole nitrogens is 1. The zero-order valence-corrected chi connectivity index (χ0v) is 11.6. The molecular weight excluding hydrogens is 288 g/mol. The number of nitro groups is 1. The van der Waals surface area contributed by atoms with Crippen molar-refractivity contribution in [3.63, 3.8) is 0 Å². The van der Waals surface area contributed by atoms with Gasteiger partial charge in [0.2, 0.25) is 0 Å². The first-order chi connectivity index (χ1) is 8.72. The lowest BCUT2D eigenvalue weighted by Gasteiger charge is -2.03. The maximum absolute atomic E-state index is 10.7. The number of hydrogen-bond donors (Lipinski definition) is 2. The van der Waals surface area contributed by atoms with Gasteiger partial charge in [-0.05, 0) is 19.0 Å². The predicted molar refractivity (Wildman–Crippen MR) is 77.1 cm³/mol. The Kier molecular flexibility index (Phi) is 4.28. The number of nitrogens with one attached hydrogen (secondary N) is 2. The van der Waals surface area contributed by atoms with E-state index in [2.05, 4.69) is 15.3 Å². The Balaban J connectivity index is 0.00000133. The van der Waals surface area contributed by atoms with Gasteiger partial charge in [0.05, 0.1) is 16.0 Å². The molecule has 3 rings (SSSR count). The first kappa shape index (κ1) is 14.1. The number of non-ortho nitro benzene ring substituents is 1. The quantitative estimate of drug-likeness (QED) is 0.671. The van der Waals surface area contributed by atoms with Gasteiger partial charge >= 0.3 is 0 Å². The largest absolute Gasteiger partial charge is 0.333 e. The van der Waals surface area contributed by atoms with Crippen molar-refractivity contribution in [3.8, 4) is 0 Å². The van der Waals surface area contributed by atoms with Gasteiger partial charge in [0, 0.05) is 23.9 Å². The Labute approximate surface area is 119 Å². The lowest BCUT2D eigenvalue weighted by molar-refractivity contribution is -0.384. The summed E-state index contributed by atoms with van der Waals surface area (Å²) in [5.41, 5.74) is 1.58. The second-order valence-electron chi connectivity index (χ2n) is 4.23. The summed E-state index contributed by atoms with van der Waals surface area (Å²) in [6.07, 6.45) is 1.13. The van der Waals surface area contributed by atoms with Gasteiger partial charge in [0.15, 0.2) is 5.16 Å². The zero-order valence-electron chi connectivity index (χ0n) is 9.96. The van der Waals surface area contributed by atoms with E-state index in [1.165, 1.54) is 12.1 Å². The van der Waals surface area contributed by atoms with Crippen LogP contribution in [0.5, 0.6) is 0 Å². The molecule has 0 amide bonds. The molecule has 0 spiro atoms. The van der Waals surface area contributed by atoms with Gasteiger partial charge in [-0.3, -0.25) is 10.1 Å². The summed E-state index contributed by atoms with van der Waals surface area (Å²) in [7, 11) is 0. The van der Waals surface area contributed by atoms with Crippen molar-refractivity contribution < 1.29 is 4.92 Å². The molecule has 0 aliphatic carbocycles. The monoisotopic (exact) mass is 300 g/mol. The average Bonchev–Trinajstić information content (AvgIpc) is 2.96. The molecule has 2 heterocycles. The Hall–Kier alpha value is -1.31. The van der Waals surface area contributed by atoms with E-state index >= 15 is 0 Å². The topological polar surface area (TPSA) is 83.8 Å². The first-order valence-corrected chi connectivity index (χ1v) is 6.62. The lowest BCUT2D eigenvalue weighted by Crippen LogP contribution is -2.10. The molecule has 2 aromatic rings. The number of aromatic amines is 1. The molecule has 0 saturated carbocycles. The lowest BCUT2D eigenvalue weighted by atomic mass is 10.3. The average molecular weight is 301 g/mol.